The number of ether oxygens (including phenoxy) is 1. The Hall–Kier alpha value is -0.340. The molecule has 2 nitrogen and oxygen atoms in total. The van der Waals surface area contributed by atoms with Gasteiger partial charge in [-0.15, -0.1) is 6.58 Å². The maximum atomic E-state index is 5.66. The molecule has 1 heterocycles. The summed E-state index contributed by atoms with van der Waals surface area (Å²) in [5.74, 6) is 0. The second kappa shape index (κ2) is 8.77. The second-order valence-electron chi connectivity index (χ2n) is 4.69. The van der Waals surface area contributed by atoms with Gasteiger partial charge in [-0.05, 0) is 51.5 Å². The van der Waals surface area contributed by atoms with Gasteiger partial charge in [-0.1, -0.05) is 13.0 Å². The van der Waals surface area contributed by atoms with Gasteiger partial charge in [0.1, 0.15) is 0 Å². The number of hydrogen-bond donors (Lipinski definition) is 1. The summed E-state index contributed by atoms with van der Waals surface area (Å²) in [6.45, 7) is 8.01. The lowest BCUT2D eigenvalue weighted by molar-refractivity contribution is 0.0992. The maximum Gasteiger partial charge on any atom is 0.0576 e. The van der Waals surface area contributed by atoms with Crippen LogP contribution < -0.4 is 5.32 Å². The first kappa shape index (κ1) is 13.7. The fourth-order valence-corrected chi connectivity index (χ4v) is 2.40. The molecule has 0 aliphatic carbocycles. The Kier molecular flexibility index (Phi) is 7.52. The van der Waals surface area contributed by atoms with Gasteiger partial charge in [0, 0.05) is 12.6 Å². The molecular formula is C14H27NO. The Morgan fingerprint density at radius 3 is 3.00 bits per heavy atom. The number of rotatable bonds is 9. The van der Waals surface area contributed by atoms with Crippen LogP contribution in [0.15, 0.2) is 12.7 Å². The van der Waals surface area contributed by atoms with Crippen molar-refractivity contribution in [3.05, 3.63) is 12.7 Å². The van der Waals surface area contributed by atoms with Gasteiger partial charge in [0.2, 0.25) is 0 Å². The van der Waals surface area contributed by atoms with Crippen LogP contribution >= 0.6 is 0 Å². The van der Waals surface area contributed by atoms with Crippen molar-refractivity contribution in [1.29, 1.82) is 0 Å². The zero-order valence-corrected chi connectivity index (χ0v) is 10.7. The Morgan fingerprint density at radius 1 is 1.50 bits per heavy atom. The van der Waals surface area contributed by atoms with Crippen molar-refractivity contribution in [3.8, 4) is 0 Å². The normalized spacial score (nSPS) is 22.2. The monoisotopic (exact) mass is 225 g/mol. The van der Waals surface area contributed by atoms with Crippen molar-refractivity contribution in [2.75, 3.05) is 13.2 Å². The summed E-state index contributed by atoms with van der Waals surface area (Å²) < 4.78 is 5.66. The molecule has 94 valence electrons. The molecule has 1 aliphatic heterocycles. The summed E-state index contributed by atoms with van der Waals surface area (Å²) in [6, 6.07) is 0.675. The summed E-state index contributed by atoms with van der Waals surface area (Å²) >= 11 is 0. The van der Waals surface area contributed by atoms with Gasteiger partial charge in [-0.25, -0.2) is 0 Å². The van der Waals surface area contributed by atoms with Gasteiger partial charge in [0.15, 0.2) is 0 Å². The standard InChI is InChI=1S/C14H27NO/c1-3-5-6-8-13(15-4-2)10-11-14-9-7-12-16-14/h3,13-15H,1,4-12H2,2H3. The van der Waals surface area contributed by atoms with Crippen LogP contribution in [0.4, 0.5) is 0 Å². The first-order valence-electron chi connectivity index (χ1n) is 6.82. The SMILES string of the molecule is C=CCCCC(CCC1CCCO1)NCC. The molecule has 0 radical (unpaired) electrons. The van der Waals surface area contributed by atoms with E-state index in [1.165, 1.54) is 38.5 Å². The van der Waals surface area contributed by atoms with Crippen molar-refractivity contribution in [3.63, 3.8) is 0 Å². The molecule has 2 heteroatoms. The van der Waals surface area contributed by atoms with Crippen LogP contribution in [0.3, 0.4) is 0 Å². The van der Waals surface area contributed by atoms with E-state index in [1.807, 2.05) is 6.08 Å². The lowest BCUT2D eigenvalue weighted by Gasteiger charge is -2.19. The minimum absolute atomic E-state index is 0.542. The summed E-state index contributed by atoms with van der Waals surface area (Å²) in [5.41, 5.74) is 0. The quantitative estimate of drug-likeness (QED) is 0.480. The van der Waals surface area contributed by atoms with E-state index < -0.39 is 0 Å². The summed E-state index contributed by atoms with van der Waals surface area (Å²) in [6.07, 6.45) is 11.2. The predicted molar refractivity (Wildman–Crippen MR) is 69.7 cm³/mol. The van der Waals surface area contributed by atoms with Crippen molar-refractivity contribution in [1.82, 2.24) is 5.32 Å². The van der Waals surface area contributed by atoms with Gasteiger partial charge >= 0.3 is 0 Å². The largest absolute Gasteiger partial charge is 0.378 e. The van der Waals surface area contributed by atoms with E-state index in [0.29, 0.717) is 12.1 Å². The third-order valence-corrected chi connectivity index (χ3v) is 3.31. The van der Waals surface area contributed by atoms with Crippen LogP contribution in [0.2, 0.25) is 0 Å². The molecule has 0 saturated carbocycles. The van der Waals surface area contributed by atoms with Gasteiger partial charge in [0.25, 0.3) is 0 Å². The van der Waals surface area contributed by atoms with Gasteiger partial charge in [0.05, 0.1) is 6.10 Å². The van der Waals surface area contributed by atoms with E-state index in [1.54, 1.807) is 0 Å². The molecule has 2 atom stereocenters. The van der Waals surface area contributed by atoms with Gasteiger partial charge < -0.3 is 10.1 Å². The average Bonchev–Trinajstić information content (AvgIpc) is 2.79. The van der Waals surface area contributed by atoms with Crippen molar-refractivity contribution < 1.29 is 4.74 Å². The van der Waals surface area contributed by atoms with E-state index in [4.69, 9.17) is 4.74 Å². The van der Waals surface area contributed by atoms with E-state index in [0.717, 1.165) is 19.6 Å². The first-order valence-corrected chi connectivity index (χ1v) is 6.82. The fraction of sp³-hybridized carbons (Fsp3) is 0.857. The summed E-state index contributed by atoms with van der Waals surface area (Å²) in [5, 5.41) is 3.58. The molecule has 2 unspecified atom stereocenters. The van der Waals surface area contributed by atoms with Gasteiger partial charge in [-0.3, -0.25) is 0 Å². The lowest BCUT2D eigenvalue weighted by atomic mass is 10.0. The highest BCUT2D eigenvalue weighted by Gasteiger charge is 2.17. The number of allylic oxidation sites excluding steroid dienone is 1. The zero-order valence-electron chi connectivity index (χ0n) is 10.7. The molecule has 1 aliphatic rings. The third kappa shape index (κ3) is 5.66. The third-order valence-electron chi connectivity index (χ3n) is 3.31. The Labute approximate surface area is 100 Å². The molecule has 0 spiro atoms. The first-order chi connectivity index (χ1) is 7.86. The molecule has 1 fully saturated rings. The number of unbranched alkanes of at least 4 members (excludes halogenated alkanes) is 1. The van der Waals surface area contributed by atoms with E-state index in [-0.39, 0.29) is 0 Å². The summed E-state index contributed by atoms with van der Waals surface area (Å²) in [7, 11) is 0. The minimum Gasteiger partial charge on any atom is -0.378 e. The Bertz CT molecular complexity index is 176. The topological polar surface area (TPSA) is 21.3 Å². The molecule has 0 aromatic carbocycles. The van der Waals surface area contributed by atoms with Crippen molar-refractivity contribution >= 4 is 0 Å². The maximum absolute atomic E-state index is 5.66. The fourth-order valence-electron chi connectivity index (χ4n) is 2.40. The molecule has 0 bridgehead atoms. The number of hydrogen-bond acceptors (Lipinski definition) is 2. The summed E-state index contributed by atoms with van der Waals surface area (Å²) in [4.78, 5) is 0. The predicted octanol–water partition coefficient (Wildman–Crippen LogP) is 3.28. The molecule has 0 amide bonds. The molecule has 1 N–H and O–H groups in total. The molecular weight excluding hydrogens is 198 g/mol. The Morgan fingerprint density at radius 2 is 2.38 bits per heavy atom. The van der Waals surface area contributed by atoms with E-state index in [9.17, 15) is 0 Å². The molecule has 1 rings (SSSR count). The van der Waals surface area contributed by atoms with Crippen LogP contribution in [0.5, 0.6) is 0 Å². The van der Waals surface area contributed by atoms with Crippen molar-refractivity contribution in [2.45, 2.75) is 64.0 Å². The van der Waals surface area contributed by atoms with Crippen LogP contribution in [-0.4, -0.2) is 25.3 Å². The lowest BCUT2D eigenvalue weighted by Crippen LogP contribution is -2.29. The van der Waals surface area contributed by atoms with Crippen LogP contribution in [-0.2, 0) is 4.74 Å². The van der Waals surface area contributed by atoms with Gasteiger partial charge in [-0.2, -0.15) is 0 Å². The molecule has 0 aromatic heterocycles. The highest BCUT2D eigenvalue weighted by atomic mass is 16.5. The van der Waals surface area contributed by atoms with Crippen LogP contribution in [0.1, 0.15) is 51.9 Å². The number of nitrogens with one attached hydrogen (secondary N) is 1. The van der Waals surface area contributed by atoms with Crippen LogP contribution in [0.25, 0.3) is 0 Å². The molecule has 16 heavy (non-hydrogen) atoms. The Balaban J connectivity index is 2.12. The average molecular weight is 225 g/mol. The second-order valence-corrected chi connectivity index (χ2v) is 4.69. The minimum atomic E-state index is 0.542. The highest BCUT2D eigenvalue weighted by Crippen LogP contribution is 2.19. The van der Waals surface area contributed by atoms with E-state index in [2.05, 4.69) is 18.8 Å². The zero-order chi connectivity index (χ0) is 11.6. The highest BCUT2D eigenvalue weighted by molar-refractivity contribution is 4.74. The molecule has 0 aromatic rings. The van der Waals surface area contributed by atoms with E-state index >= 15 is 0 Å². The van der Waals surface area contributed by atoms with Crippen LogP contribution in [0, 0.1) is 0 Å². The van der Waals surface area contributed by atoms with Crippen molar-refractivity contribution in [2.24, 2.45) is 0 Å². The molecule has 1 saturated heterocycles. The smallest absolute Gasteiger partial charge is 0.0576 e.